The summed E-state index contributed by atoms with van der Waals surface area (Å²) in [5.41, 5.74) is 0. The molecule has 4 heteroatoms. The molecule has 3 aromatic carbocycles. The fourth-order valence-electron chi connectivity index (χ4n) is 2.65. The largest absolute Gasteiger partial charge is 3.00 e. The van der Waals surface area contributed by atoms with Crippen molar-refractivity contribution in [2.75, 3.05) is 0 Å². The summed E-state index contributed by atoms with van der Waals surface area (Å²) in [7, 11) is -0.877. The Labute approximate surface area is 208 Å². The number of hydrogen-bond donors (Lipinski definition) is 0. The Morgan fingerprint density at radius 3 is 1.19 bits per heavy atom. The van der Waals surface area contributed by atoms with E-state index in [0.717, 1.165) is 6.42 Å². The second kappa shape index (κ2) is 15.5. The van der Waals surface area contributed by atoms with E-state index in [-0.39, 0.29) is 64.7 Å². The molecule has 27 heavy (non-hydrogen) atoms. The molecule has 0 amide bonds. The van der Waals surface area contributed by atoms with Gasteiger partial charge >= 0.3 is 16.8 Å². The Balaban J connectivity index is 0.000000742. The van der Waals surface area contributed by atoms with Crippen molar-refractivity contribution in [2.24, 2.45) is 0 Å². The van der Waals surface area contributed by atoms with E-state index in [1.807, 2.05) is 12.2 Å². The van der Waals surface area contributed by atoms with Crippen LogP contribution >= 0.6 is 7.92 Å². The Hall–Kier alpha value is -0.464. The summed E-state index contributed by atoms with van der Waals surface area (Å²) in [6, 6.07) is 32.5. The van der Waals surface area contributed by atoms with Crippen LogP contribution in [0.5, 0.6) is 0 Å². The quantitative estimate of drug-likeness (QED) is 0.186. The number of halogens is 2. The fourth-order valence-corrected chi connectivity index (χ4v) is 5.23. The first-order valence-electron chi connectivity index (χ1n) is 8.20. The van der Waals surface area contributed by atoms with Gasteiger partial charge in [-0.05, 0) is 36.4 Å². The van der Waals surface area contributed by atoms with Gasteiger partial charge in [-0.1, -0.05) is 54.6 Å². The number of allylic oxidation sites excluding steroid dienone is 4. The average molecular weight is 641 g/mol. The van der Waals surface area contributed by atoms with Crippen molar-refractivity contribution in [3.63, 3.8) is 0 Å². The van der Waals surface area contributed by atoms with Gasteiger partial charge in [0, 0.05) is 0 Å². The third-order valence-corrected chi connectivity index (χ3v) is 6.51. The van der Waals surface area contributed by atoms with E-state index in [2.05, 4.69) is 103 Å². The molecule has 0 bridgehead atoms. The van der Waals surface area contributed by atoms with Gasteiger partial charge in [-0.25, -0.2) is 12.2 Å². The minimum absolute atomic E-state index is 0. The summed E-state index contributed by atoms with van der Waals surface area (Å²) in [6.07, 6.45) is 10.0. The van der Waals surface area contributed by atoms with Gasteiger partial charge in [0.2, 0.25) is 0 Å². The van der Waals surface area contributed by atoms with E-state index in [4.69, 9.17) is 0 Å². The first-order chi connectivity index (χ1) is 11.9. The van der Waals surface area contributed by atoms with Gasteiger partial charge in [0.25, 0.3) is 0 Å². The molecule has 0 fully saturated rings. The summed E-state index contributed by atoms with van der Waals surface area (Å²) in [4.78, 5) is 0. The van der Waals surface area contributed by atoms with Gasteiger partial charge in [-0.3, -0.25) is 6.08 Å². The fraction of sp³-hybridized carbons (Fsp3) is 0.0435. The molecule has 0 unspecified atom stereocenters. The first-order valence-corrected chi connectivity index (χ1v) is 9.70. The predicted molar refractivity (Wildman–Crippen MR) is 108 cm³/mol. The maximum absolute atomic E-state index is 2.99. The molecule has 4 rings (SSSR count). The molecule has 0 radical (unpaired) electrons. The Kier molecular flexibility index (Phi) is 15.2. The molecule has 140 valence electrons. The Morgan fingerprint density at radius 2 is 0.963 bits per heavy atom. The molecule has 1 aliphatic carbocycles. The van der Waals surface area contributed by atoms with Gasteiger partial charge in [-0.15, -0.1) is 6.42 Å². The molecular weight excluding hydrogens is 620 g/mol. The summed E-state index contributed by atoms with van der Waals surface area (Å²) in [5.74, 6) is 0. The molecule has 0 saturated carbocycles. The maximum Gasteiger partial charge on any atom is 3.00 e. The van der Waals surface area contributed by atoms with Crippen molar-refractivity contribution < 1.29 is 64.7 Å². The van der Waals surface area contributed by atoms with Crippen LogP contribution in [0.4, 0.5) is 0 Å². The smallest absolute Gasteiger partial charge is 1.00 e. The summed E-state index contributed by atoms with van der Waals surface area (Å²) < 4.78 is 0. The van der Waals surface area contributed by atoms with Crippen molar-refractivity contribution in [1.82, 2.24) is 0 Å². The second-order valence-corrected chi connectivity index (χ2v) is 7.96. The zero-order valence-corrected chi connectivity index (χ0v) is 21.0. The van der Waals surface area contributed by atoms with Crippen LogP contribution in [0.15, 0.2) is 109 Å². The zero-order valence-electron chi connectivity index (χ0n) is 14.7. The van der Waals surface area contributed by atoms with E-state index in [1.165, 1.54) is 15.9 Å². The average Bonchev–Trinajstić information content (AvgIpc) is 3.25. The summed E-state index contributed by atoms with van der Waals surface area (Å²) in [5, 5.41) is 4.31. The number of benzene rings is 3. The third-order valence-electron chi connectivity index (χ3n) is 3.77. The number of hydrogen-bond acceptors (Lipinski definition) is 0. The predicted octanol–water partition coefficient (Wildman–Crippen LogP) is -1.51. The van der Waals surface area contributed by atoms with Crippen LogP contribution in [-0.4, -0.2) is 0 Å². The van der Waals surface area contributed by atoms with E-state index >= 15 is 0 Å². The topological polar surface area (TPSA) is 0 Å². The zero-order chi connectivity index (χ0) is 16.5. The van der Waals surface area contributed by atoms with Gasteiger partial charge in [0.15, 0.2) is 0 Å². The maximum atomic E-state index is 2.99. The second-order valence-electron chi connectivity index (χ2n) is 5.48. The SMILES string of the molecule is [C-]1=CC=CC1.[Co+3].[I-].[I-].c1ccc([PH+](c2ccccc2)c2ccccc2)cc1. The Morgan fingerprint density at radius 1 is 0.593 bits per heavy atom. The van der Waals surface area contributed by atoms with Crippen LogP contribution in [0.25, 0.3) is 0 Å². The standard InChI is InChI=1S/C18H15P.C5H5.Co.2HI/c1-4-10-16(11-5-1)19(17-12-6-2-7-13-17)18-14-8-3-9-15-18;1-2-4-5-3-1;;;/h1-15H;1-3H,4H2;;2*1H/q;-1;+3;;/p-1. The molecular formula is C23H21CoI2P+. The van der Waals surface area contributed by atoms with Gasteiger partial charge in [0.1, 0.15) is 15.9 Å². The molecule has 0 aliphatic heterocycles. The molecule has 0 nitrogen and oxygen atoms in total. The normalized spacial score (nSPS) is 10.7. The van der Waals surface area contributed by atoms with Crippen LogP contribution in [0.3, 0.4) is 0 Å². The molecule has 0 heterocycles. The minimum atomic E-state index is -0.877. The van der Waals surface area contributed by atoms with Crippen molar-refractivity contribution >= 4 is 23.8 Å². The van der Waals surface area contributed by atoms with Gasteiger partial charge < -0.3 is 48.0 Å². The van der Waals surface area contributed by atoms with Crippen molar-refractivity contribution in [2.45, 2.75) is 6.42 Å². The van der Waals surface area contributed by atoms with E-state index < -0.39 is 7.92 Å². The van der Waals surface area contributed by atoms with E-state index in [1.54, 1.807) is 0 Å². The van der Waals surface area contributed by atoms with Crippen molar-refractivity contribution in [1.29, 1.82) is 0 Å². The van der Waals surface area contributed by atoms with E-state index in [9.17, 15) is 0 Å². The molecule has 0 aromatic heterocycles. The summed E-state index contributed by atoms with van der Waals surface area (Å²) in [6.45, 7) is 0. The molecule has 0 N–H and O–H groups in total. The molecule has 0 spiro atoms. The van der Waals surface area contributed by atoms with E-state index in [0.29, 0.717) is 0 Å². The molecule has 3 aromatic rings. The monoisotopic (exact) mass is 641 g/mol. The Bertz CT molecular complexity index is 686. The van der Waals surface area contributed by atoms with Crippen molar-refractivity contribution in [3.8, 4) is 0 Å². The summed E-state index contributed by atoms with van der Waals surface area (Å²) >= 11 is 0. The van der Waals surface area contributed by atoms with Crippen LogP contribution in [0.2, 0.25) is 0 Å². The van der Waals surface area contributed by atoms with Gasteiger partial charge in [-0.2, -0.15) is 6.08 Å². The van der Waals surface area contributed by atoms with Crippen LogP contribution in [-0.2, 0) is 16.8 Å². The molecule has 0 atom stereocenters. The van der Waals surface area contributed by atoms with Crippen LogP contribution in [0, 0.1) is 6.08 Å². The van der Waals surface area contributed by atoms with Gasteiger partial charge in [0.05, 0.1) is 7.92 Å². The third kappa shape index (κ3) is 8.61. The molecule has 1 aliphatic rings. The first kappa shape index (κ1) is 26.5. The van der Waals surface area contributed by atoms with Crippen LogP contribution < -0.4 is 63.9 Å². The van der Waals surface area contributed by atoms with Crippen molar-refractivity contribution in [3.05, 3.63) is 115 Å². The van der Waals surface area contributed by atoms with Crippen LogP contribution in [0.1, 0.15) is 6.42 Å². The minimum Gasteiger partial charge on any atom is -1.00 e. The molecule has 0 saturated heterocycles. The number of rotatable bonds is 3.